The second kappa shape index (κ2) is 7.32. The van der Waals surface area contributed by atoms with Crippen molar-refractivity contribution in [1.29, 1.82) is 5.26 Å². The van der Waals surface area contributed by atoms with Gasteiger partial charge in [-0.15, -0.1) is 11.3 Å². The molecule has 124 valence electrons. The zero-order valence-corrected chi connectivity index (χ0v) is 15.7. The summed E-state index contributed by atoms with van der Waals surface area (Å²) < 4.78 is 0.964. The third-order valence-electron chi connectivity index (χ3n) is 4.13. The predicted octanol–water partition coefficient (Wildman–Crippen LogP) is 4.12. The molecule has 5 nitrogen and oxygen atoms in total. The Bertz CT molecular complexity index is 790. The fourth-order valence-corrected chi connectivity index (χ4v) is 4.65. The zero-order valence-electron chi connectivity index (χ0n) is 13.3. The van der Waals surface area contributed by atoms with E-state index in [4.69, 9.17) is 0 Å². The lowest BCUT2D eigenvalue weighted by molar-refractivity contribution is -0.114. The number of amides is 1. The minimum absolute atomic E-state index is 0.0938. The van der Waals surface area contributed by atoms with Gasteiger partial charge in [0.15, 0.2) is 5.13 Å². The van der Waals surface area contributed by atoms with Crippen LogP contribution in [0.1, 0.15) is 36.1 Å². The van der Waals surface area contributed by atoms with Crippen molar-refractivity contribution in [3.05, 3.63) is 39.3 Å². The molecule has 7 heteroatoms. The third-order valence-corrected chi connectivity index (χ3v) is 5.84. The number of rotatable bonds is 3. The van der Waals surface area contributed by atoms with Crippen LogP contribution in [0, 0.1) is 11.3 Å². The van der Waals surface area contributed by atoms with E-state index in [0.29, 0.717) is 16.6 Å². The Hall–Kier alpha value is -1.91. The van der Waals surface area contributed by atoms with Gasteiger partial charge in [0.25, 0.3) is 0 Å². The number of anilines is 2. The van der Waals surface area contributed by atoms with Gasteiger partial charge >= 0.3 is 0 Å². The maximum atomic E-state index is 11.1. The first-order valence-corrected chi connectivity index (χ1v) is 9.36. The van der Waals surface area contributed by atoms with Crippen LogP contribution < -0.4 is 10.2 Å². The highest BCUT2D eigenvalue weighted by molar-refractivity contribution is 9.10. The maximum absolute atomic E-state index is 11.1. The topological polar surface area (TPSA) is 69.0 Å². The molecule has 2 aromatic rings. The molecular formula is C17H17BrN4OS. The maximum Gasteiger partial charge on any atom is 0.223 e. The van der Waals surface area contributed by atoms with E-state index in [1.807, 2.05) is 24.4 Å². The number of aromatic nitrogens is 1. The van der Waals surface area contributed by atoms with Gasteiger partial charge in [0, 0.05) is 35.6 Å². The summed E-state index contributed by atoms with van der Waals surface area (Å²) in [7, 11) is 0. The van der Waals surface area contributed by atoms with Crippen molar-refractivity contribution in [2.45, 2.75) is 25.7 Å². The molecular weight excluding hydrogens is 388 g/mol. The largest absolute Gasteiger partial charge is 0.370 e. The number of piperidine rings is 1. The minimum Gasteiger partial charge on any atom is -0.370 e. The van der Waals surface area contributed by atoms with E-state index in [9.17, 15) is 10.1 Å². The van der Waals surface area contributed by atoms with Crippen molar-refractivity contribution >= 4 is 44.0 Å². The number of halogens is 1. The van der Waals surface area contributed by atoms with E-state index in [1.54, 1.807) is 11.3 Å². The Balaban J connectivity index is 1.69. The van der Waals surface area contributed by atoms with Crippen molar-refractivity contribution in [2.24, 2.45) is 0 Å². The van der Waals surface area contributed by atoms with E-state index in [0.717, 1.165) is 36.1 Å². The average Bonchev–Trinajstić information content (AvgIpc) is 3.02. The Morgan fingerprint density at radius 1 is 1.46 bits per heavy atom. The number of benzene rings is 1. The summed E-state index contributed by atoms with van der Waals surface area (Å²) in [6.07, 6.45) is 3.89. The molecule has 0 aliphatic carbocycles. The normalized spacial score (nSPS) is 15.1. The smallest absolute Gasteiger partial charge is 0.223 e. The van der Waals surface area contributed by atoms with Crippen LogP contribution in [0.3, 0.4) is 0 Å². The lowest BCUT2D eigenvalue weighted by atomic mass is 9.95. The van der Waals surface area contributed by atoms with Crippen LogP contribution in [-0.2, 0) is 4.79 Å². The number of hydrogen-bond acceptors (Lipinski definition) is 5. The number of nitrogens with zero attached hydrogens (tertiary/aromatic N) is 3. The monoisotopic (exact) mass is 404 g/mol. The molecule has 0 saturated carbocycles. The molecule has 1 aliphatic rings. The van der Waals surface area contributed by atoms with Crippen molar-refractivity contribution in [3.63, 3.8) is 0 Å². The molecule has 1 amide bonds. The highest BCUT2D eigenvalue weighted by Crippen LogP contribution is 2.37. The Kier molecular flexibility index (Phi) is 5.17. The molecule has 3 rings (SSSR count). The van der Waals surface area contributed by atoms with E-state index >= 15 is 0 Å². The quantitative estimate of drug-likeness (QED) is 0.834. The zero-order chi connectivity index (χ0) is 17.1. The van der Waals surface area contributed by atoms with Gasteiger partial charge in [-0.2, -0.15) is 5.26 Å². The highest BCUT2D eigenvalue weighted by atomic mass is 79.9. The molecule has 1 aliphatic heterocycles. The molecule has 0 spiro atoms. The van der Waals surface area contributed by atoms with Crippen molar-refractivity contribution < 1.29 is 4.79 Å². The molecule has 0 atom stereocenters. The molecule has 1 aromatic carbocycles. The summed E-state index contributed by atoms with van der Waals surface area (Å²) >= 11 is 5.12. The van der Waals surface area contributed by atoms with Gasteiger partial charge in [-0.1, -0.05) is 6.07 Å². The van der Waals surface area contributed by atoms with Gasteiger partial charge in [-0.3, -0.25) is 4.79 Å². The summed E-state index contributed by atoms with van der Waals surface area (Å²) in [4.78, 5) is 18.9. The van der Waals surface area contributed by atoms with Crippen LogP contribution in [0.15, 0.2) is 28.9 Å². The molecule has 1 fully saturated rings. The van der Waals surface area contributed by atoms with E-state index in [2.05, 4.69) is 37.2 Å². The summed E-state index contributed by atoms with van der Waals surface area (Å²) in [6, 6.07) is 8.00. The van der Waals surface area contributed by atoms with Crippen molar-refractivity contribution in [1.82, 2.24) is 4.98 Å². The van der Waals surface area contributed by atoms with Gasteiger partial charge in [-0.05, 0) is 46.8 Å². The summed E-state index contributed by atoms with van der Waals surface area (Å²) in [6.45, 7) is 3.29. The molecule has 2 heterocycles. The number of para-hydroxylation sites is 1. The molecule has 1 saturated heterocycles. The van der Waals surface area contributed by atoms with Crippen LogP contribution in [0.4, 0.5) is 10.8 Å². The van der Waals surface area contributed by atoms with Crippen LogP contribution in [0.25, 0.3) is 0 Å². The molecule has 0 radical (unpaired) electrons. The number of carbonyl (C=O) groups is 1. The molecule has 1 N–H and O–H groups in total. The predicted molar refractivity (Wildman–Crippen MR) is 99.5 cm³/mol. The van der Waals surface area contributed by atoms with Crippen molar-refractivity contribution in [3.8, 4) is 6.07 Å². The molecule has 1 aromatic heterocycles. The molecule has 0 bridgehead atoms. The van der Waals surface area contributed by atoms with Gasteiger partial charge in [0.2, 0.25) is 5.91 Å². The second-order valence-electron chi connectivity index (χ2n) is 5.76. The Labute approximate surface area is 153 Å². The number of hydrogen-bond donors (Lipinski definition) is 1. The summed E-state index contributed by atoms with van der Waals surface area (Å²) in [5.74, 6) is 0.359. The lowest BCUT2D eigenvalue weighted by Crippen LogP contribution is -2.33. The fraction of sp³-hybridized carbons (Fsp3) is 0.353. The summed E-state index contributed by atoms with van der Waals surface area (Å²) in [5, 5.41) is 12.7. The van der Waals surface area contributed by atoms with Crippen LogP contribution in [-0.4, -0.2) is 24.0 Å². The first kappa shape index (κ1) is 16.9. The van der Waals surface area contributed by atoms with E-state index in [-0.39, 0.29) is 5.91 Å². The molecule has 0 unspecified atom stereocenters. The van der Waals surface area contributed by atoms with Gasteiger partial charge < -0.3 is 10.2 Å². The number of nitriles is 1. The standard InChI is InChI=1S/C17H17BrN4OS/c1-11(23)21-17-20-10-15(24-17)12-5-7-22(8-6-12)16-13(9-19)3-2-4-14(16)18/h2-4,10,12H,5-8H2,1H3,(H,20,21,23). The minimum atomic E-state index is -0.0938. The van der Waals surface area contributed by atoms with Crippen LogP contribution in [0.5, 0.6) is 0 Å². The SMILES string of the molecule is CC(=O)Nc1ncc(C2CCN(c3c(Br)cccc3C#N)CC2)s1. The lowest BCUT2D eigenvalue weighted by Gasteiger charge is -2.34. The van der Waals surface area contributed by atoms with Gasteiger partial charge in [0.1, 0.15) is 6.07 Å². The van der Waals surface area contributed by atoms with Gasteiger partial charge in [-0.25, -0.2) is 4.98 Å². The number of carbonyl (C=O) groups excluding carboxylic acids is 1. The first-order chi connectivity index (χ1) is 11.6. The van der Waals surface area contributed by atoms with Crippen molar-refractivity contribution in [2.75, 3.05) is 23.3 Å². The Morgan fingerprint density at radius 2 is 2.21 bits per heavy atom. The van der Waals surface area contributed by atoms with Crippen LogP contribution >= 0.6 is 27.3 Å². The molecule has 24 heavy (non-hydrogen) atoms. The van der Waals surface area contributed by atoms with Crippen LogP contribution in [0.2, 0.25) is 0 Å². The number of nitrogens with one attached hydrogen (secondary N) is 1. The Morgan fingerprint density at radius 3 is 2.88 bits per heavy atom. The van der Waals surface area contributed by atoms with E-state index < -0.39 is 0 Å². The number of thiazole rings is 1. The van der Waals surface area contributed by atoms with E-state index in [1.165, 1.54) is 11.8 Å². The average molecular weight is 405 g/mol. The highest BCUT2D eigenvalue weighted by Gasteiger charge is 2.25. The third kappa shape index (κ3) is 3.60. The first-order valence-electron chi connectivity index (χ1n) is 7.75. The summed E-state index contributed by atoms with van der Waals surface area (Å²) in [5.41, 5.74) is 1.69. The fourth-order valence-electron chi connectivity index (χ4n) is 3.00. The second-order valence-corrected chi connectivity index (χ2v) is 7.67. The van der Waals surface area contributed by atoms with Gasteiger partial charge in [0.05, 0.1) is 11.3 Å².